The molecule has 2 heterocycles. The molecule has 1 aromatic rings. The van der Waals surface area contributed by atoms with Gasteiger partial charge in [-0.2, -0.15) is 0 Å². The van der Waals surface area contributed by atoms with Gasteiger partial charge in [0.15, 0.2) is 0 Å². The second kappa shape index (κ2) is 7.64. The molecule has 5 heteroatoms. The number of aliphatic hydroxyl groups is 1. The van der Waals surface area contributed by atoms with Crippen molar-refractivity contribution < 1.29 is 9.90 Å². The Morgan fingerprint density at radius 1 is 1.17 bits per heavy atom. The summed E-state index contributed by atoms with van der Waals surface area (Å²) in [6.45, 7) is 10.7. The second-order valence-electron chi connectivity index (χ2n) is 6.97. The van der Waals surface area contributed by atoms with Crippen molar-refractivity contribution in [2.75, 3.05) is 50.7 Å². The van der Waals surface area contributed by atoms with Crippen LogP contribution in [0.2, 0.25) is 0 Å². The lowest BCUT2D eigenvalue weighted by Crippen LogP contribution is -2.47. The van der Waals surface area contributed by atoms with Gasteiger partial charge in [-0.1, -0.05) is 19.1 Å². The number of nitrogens with zero attached hydrogens (tertiary/aromatic N) is 3. The summed E-state index contributed by atoms with van der Waals surface area (Å²) in [6, 6.07) is 6.04. The first-order valence-corrected chi connectivity index (χ1v) is 9.12. The van der Waals surface area contributed by atoms with Crippen LogP contribution in [0.1, 0.15) is 37.5 Å². The molecule has 5 nitrogen and oxygen atoms in total. The zero-order valence-corrected chi connectivity index (χ0v) is 14.9. The minimum absolute atomic E-state index is 0.0898. The highest BCUT2D eigenvalue weighted by atomic mass is 16.3. The number of rotatable bonds is 5. The van der Waals surface area contributed by atoms with Crippen LogP contribution in [0.25, 0.3) is 0 Å². The van der Waals surface area contributed by atoms with Gasteiger partial charge in [0.1, 0.15) is 0 Å². The lowest BCUT2D eigenvalue weighted by atomic mass is 10.0. The van der Waals surface area contributed by atoms with Gasteiger partial charge in [0.2, 0.25) is 5.91 Å². The second-order valence-corrected chi connectivity index (χ2v) is 6.97. The third kappa shape index (κ3) is 3.79. The van der Waals surface area contributed by atoms with Gasteiger partial charge < -0.3 is 14.9 Å². The first-order valence-electron chi connectivity index (χ1n) is 9.12. The maximum absolute atomic E-state index is 11.6. The maximum Gasteiger partial charge on any atom is 0.223 e. The minimum Gasteiger partial charge on any atom is -0.387 e. The van der Waals surface area contributed by atoms with Crippen LogP contribution in [0.4, 0.5) is 5.69 Å². The molecule has 3 rings (SSSR count). The number of carbonyl (C=O) groups excluding carboxylic acids is 1. The Balaban J connectivity index is 1.58. The summed E-state index contributed by atoms with van der Waals surface area (Å²) < 4.78 is 0. The van der Waals surface area contributed by atoms with Crippen LogP contribution < -0.4 is 4.90 Å². The smallest absolute Gasteiger partial charge is 0.223 e. The largest absolute Gasteiger partial charge is 0.387 e. The molecule has 0 radical (unpaired) electrons. The van der Waals surface area contributed by atoms with E-state index in [0.29, 0.717) is 6.54 Å². The van der Waals surface area contributed by atoms with Gasteiger partial charge in [-0.25, -0.2) is 0 Å². The van der Waals surface area contributed by atoms with Crippen molar-refractivity contribution in [2.45, 2.75) is 32.8 Å². The number of β-amino-alcohol motifs (C(OH)–C–C–N with tert-alkyl or cyclic N) is 1. The molecule has 1 aromatic carbocycles. The Bertz CT molecular complexity index is 582. The highest BCUT2D eigenvalue weighted by Crippen LogP contribution is 2.30. The molecule has 2 aliphatic rings. The van der Waals surface area contributed by atoms with Crippen molar-refractivity contribution in [1.82, 2.24) is 9.80 Å². The highest BCUT2D eigenvalue weighted by Gasteiger charge is 2.24. The molecule has 1 saturated heterocycles. The molecule has 1 atom stereocenters. The van der Waals surface area contributed by atoms with E-state index in [1.54, 1.807) is 6.92 Å². The predicted octanol–water partition coefficient (Wildman–Crippen LogP) is 1.66. The van der Waals surface area contributed by atoms with E-state index in [0.717, 1.165) is 50.4 Å². The summed E-state index contributed by atoms with van der Waals surface area (Å²) in [5.74, 6) is 0.0898. The average molecular weight is 331 g/mol. The SMILES string of the molecule is CCCN1CCN(CC(O)c2ccc3c(c2)CCN3C(C)=O)CC1. The summed E-state index contributed by atoms with van der Waals surface area (Å²) in [5, 5.41) is 10.6. The molecule has 132 valence electrons. The molecule has 1 N–H and O–H groups in total. The topological polar surface area (TPSA) is 47.0 Å². The number of anilines is 1. The number of hydrogen-bond donors (Lipinski definition) is 1. The standard InChI is InChI=1S/C19H29N3O2/c1-3-7-20-9-11-21(12-10-20)14-19(24)17-4-5-18-16(13-17)6-8-22(18)15(2)23/h4-5,13,19,24H,3,6-12,14H2,1-2H3. The molecule has 0 aromatic heterocycles. The van der Waals surface area contributed by atoms with Gasteiger partial charge in [0.25, 0.3) is 0 Å². The van der Waals surface area contributed by atoms with Crippen LogP contribution in [-0.4, -0.2) is 66.6 Å². The number of fused-ring (bicyclic) bond motifs is 1. The highest BCUT2D eigenvalue weighted by molar-refractivity contribution is 5.93. The first kappa shape index (κ1) is 17.4. The van der Waals surface area contributed by atoms with E-state index in [9.17, 15) is 9.90 Å². The molecule has 0 saturated carbocycles. The number of hydrogen-bond acceptors (Lipinski definition) is 4. The average Bonchev–Trinajstić information content (AvgIpc) is 3.00. The lowest BCUT2D eigenvalue weighted by molar-refractivity contribution is -0.116. The predicted molar refractivity (Wildman–Crippen MR) is 96.3 cm³/mol. The van der Waals surface area contributed by atoms with Gasteiger partial charge in [0.05, 0.1) is 6.10 Å². The molecule has 2 aliphatic heterocycles. The van der Waals surface area contributed by atoms with Crippen LogP contribution in [0, 0.1) is 0 Å². The molecule has 1 unspecified atom stereocenters. The fourth-order valence-electron chi connectivity index (χ4n) is 3.82. The van der Waals surface area contributed by atoms with Gasteiger partial charge >= 0.3 is 0 Å². The van der Waals surface area contributed by atoms with Gasteiger partial charge in [0, 0.05) is 51.9 Å². The summed E-state index contributed by atoms with van der Waals surface area (Å²) in [7, 11) is 0. The van der Waals surface area contributed by atoms with E-state index in [4.69, 9.17) is 0 Å². The summed E-state index contributed by atoms with van der Waals surface area (Å²) >= 11 is 0. The fourth-order valence-corrected chi connectivity index (χ4v) is 3.82. The van der Waals surface area contributed by atoms with Gasteiger partial charge in [-0.05, 0) is 36.6 Å². The molecule has 1 amide bonds. The van der Waals surface area contributed by atoms with Crippen LogP contribution in [0.3, 0.4) is 0 Å². The molecule has 0 bridgehead atoms. The Hall–Kier alpha value is -1.43. The number of amides is 1. The summed E-state index contributed by atoms with van der Waals surface area (Å²) in [4.78, 5) is 18.3. The Labute approximate surface area is 144 Å². The van der Waals surface area contributed by atoms with Crippen LogP contribution >= 0.6 is 0 Å². The van der Waals surface area contributed by atoms with Gasteiger partial charge in [-0.3, -0.25) is 9.69 Å². The van der Waals surface area contributed by atoms with Crippen molar-refractivity contribution in [3.05, 3.63) is 29.3 Å². The normalized spacial score (nSPS) is 20.2. The number of piperazine rings is 1. The lowest BCUT2D eigenvalue weighted by Gasteiger charge is -2.35. The van der Waals surface area contributed by atoms with Crippen molar-refractivity contribution >= 4 is 11.6 Å². The van der Waals surface area contributed by atoms with Crippen LogP contribution in [0.5, 0.6) is 0 Å². The summed E-state index contributed by atoms with van der Waals surface area (Å²) in [6.07, 6.45) is 1.62. The first-order chi connectivity index (χ1) is 11.6. The van der Waals surface area contributed by atoms with E-state index in [1.807, 2.05) is 17.0 Å². The van der Waals surface area contributed by atoms with Crippen molar-refractivity contribution in [2.24, 2.45) is 0 Å². The maximum atomic E-state index is 11.6. The third-order valence-corrected chi connectivity index (χ3v) is 5.20. The van der Waals surface area contributed by atoms with Crippen LogP contribution in [0.15, 0.2) is 18.2 Å². The number of benzene rings is 1. The third-order valence-electron chi connectivity index (χ3n) is 5.20. The van der Waals surface area contributed by atoms with Crippen molar-refractivity contribution in [1.29, 1.82) is 0 Å². The van der Waals surface area contributed by atoms with Crippen molar-refractivity contribution in [3.63, 3.8) is 0 Å². The van der Waals surface area contributed by atoms with E-state index in [2.05, 4.69) is 22.8 Å². The Kier molecular flexibility index (Phi) is 5.54. The molecule has 1 fully saturated rings. The number of carbonyl (C=O) groups is 1. The van der Waals surface area contributed by atoms with E-state index in [1.165, 1.54) is 18.5 Å². The molecule has 0 spiro atoms. The minimum atomic E-state index is -0.459. The molecule has 0 aliphatic carbocycles. The van der Waals surface area contributed by atoms with Gasteiger partial charge in [-0.15, -0.1) is 0 Å². The zero-order valence-electron chi connectivity index (χ0n) is 14.9. The summed E-state index contributed by atoms with van der Waals surface area (Å²) in [5.41, 5.74) is 3.15. The molecular formula is C19H29N3O2. The van der Waals surface area contributed by atoms with E-state index < -0.39 is 6.10 Å². The molecule has 24 heavy (non-hydrogen) atoms. The number of aliphatic hydroxyl groups excluding tert-OH is 1. The van der Waals surface area contributed by atoms with Crippen LogP contribution in [-0.2, 0) is 11.2 Å². The van der Waals surface area contributed by atoms with E-state index >= 15 is 0 Å². The molecular weight excluding hydrogens is 302 g/mol. The van der Waals surface area contributed by atoms with Crippen molar-refractivity contribution in [3.8, 4) is 0 Å². The quantitative estimate of drug-likeness (QED) is 0.891. The monoisotopic (exact) mass is 331 g/mol. The Morgan fingerprint density at radius 3 is 2.54 bits per heavy atom. The fraction of sp³-hybridized carbons (Fsp3) is 0.632. The van der Waals surface area contributed by atoms with E-state index in [-0.39, 0.29) is 5.91 Å². The zero-order chi connectivity index (χ0) is 17.1. The Morgan fingerprint density at radius 2 is 1.88 bits per heavy atom.